The minimum atomic E-state index is -0.284. The first-order valence-corrected chi connectivity index (χ1v) is 6.14. The van der Waals surface area contributed by atoms with Crippen molar-refractivity contribution in [2.75, 3.05) is 20.1 Å². The summed E-state index contributed by atoms with van der Waals surface area (Å²) in [6, 6.07) is 0. The molecule has 0 aromatic rings. The number of nitrogens with zero attached hydrogens (tertiary/aromatic N) is 2. The van der Waals surface area contributed by atoms with Crippen LogP contribution < -0.4 is 5.73 Å². The molecule has 17 heavy (non-hydrogen) atoms. The second-order valence-corrected chi connectivity index (χ2v) is 5.44. The van der Waals surface area contributed by atoms with Gasteiger partial charge in [-0.1, -0.05) is 25.4 Å². The number of oxime groups is 1. The fourth-order valence-corrected chi connectivity index (χ4v) is 1.75. The van der Waals surface area contributed by atoms with Crippen molar-refractivity contribution in [3.63, 3.8) is 0 Å². The minimum Gasteiger partial charge on any atom is -0.409 e. The molecule has 1 unspecified atom stereocenters. The van der Waals surface area contributed by atoms with Gasteiger partial charge in [0.2, 0.25) is 0 Å². The van der Waals surface area contributed by atoms with Gasteiger partial charge >= 0.3 is 0 Å². The maximum atomic E-state index is 9.21. The SMILES string of the molecule is CC(O)CN(C)CCCCC(C)(C)C(N)=NO. The summed E-state index contributed by atoms with van der Waals surface area (Å²) in [5, 5.41) is 20.9. The molecular weight excluding hydrogens is 218 g/mol. The van der Waals surface area contributed by atoms with Crippen LogP contribution in [0, 0.1) is 5.41 Å². The molecule has 0 saturated carbocycles. The molecule has 0 rings (SSSR count). The molecule has 0 aliphatic rings. The van der Waals surface area contributed by atoms with Crippen LogP contribution in [0.15, 0.2) is 5.16 Å². The smallest absolute Gasteiger partial charge is 0.144 e. The van der Waals surface area contributed by atoms with E-state index < -0.39 is 0 Å². The third kappa shape index (κ3) is 7.18. The van der Waals surface area contributed by atoms with E-state index in [2.05, 4.69) is 10.1 Å². The van der Waals surface area contributed by atoms with Crippen LogP contribution in [0.25, 0.3) is 0 Å². The average Bonchev–Trinajstić information content (AvgIpc) is 2.22. The van der Waals surface area contributed by atoms with Crippen molar-refractivity contribution in [2.24, 2.45) is 16.3 Å². The van der Waals surface area contributed by atoms with Crippen LogP contribution in [0.3, 0.4) is 0 Å². The van der Waals surface area contributed by atoms with Gasteiger partial charge in [0.15, 0.2) is 0 Å². The zero-order valence-corrected chi connectivity index (χ0v) is 11.5. The van der Waals surface area contributed by atoms with Crippen LogP contribution in [0.5, 0.6) is 0 Å². The van der Waals surface area contributed by atoms with E-state index >= 15 is 0 Å². The number of nitrogens with two attached hydrogens (primary N) is 1. The minimum absolute atomic E-state index is 0.252. The predicted octanol–water partition coefficient (Wildman–Crippen LogP) is 1.24. The van der Waals surface area contributed by atoms with Crippen LogP contribution in [0.4, 0.5) is 0 Å². The number of amidine groups is 1. The number of hydrogen-bond donors (Lipinski definition) is 3. The quantitative estimate of drug-likeness (QED) is 0.197. The van der Waals surface area contributed by atoms with E-state index in [9.17, 15) is 5.11 Å². The lowest BCUT2D eigenvalue weighted by Gasteiger charge is -2.23. The maximum Gasteiger partial charge on any atom is 0.144 e. The normalized spacial score (nSPS) is 15.3. The lowest BCUT2D eigenvalue weighted by Crippen LogP contribution is -2.32. The fraction of sp³-hybridized carbons (Fsp3) is 0.917. The molecular formula is C12H27N3O2. The molecule has 0 amide bonds. The van der Waals surface area contributed by atoms with Crippen molar-refractivity contribution >= 4 is 5.84 Å². The van der Waals surface area contributed by atoms with Gasteiger partial charge in [-0.15, -0.1) is 0 Å². The summed E-state index contributed by atoms with van der Waals surface area (Å²) >= 11 is 0. The Morgan fingerprint density at radius 1 is 1.41 bits per heavy atom. The van der Waals surface area contributed by atoms with Crippen molar-refractivity contribution in [2.45, 2.75) is 46.1 Å². The molecule has 0 bridgehead atoms. The van der Waals surface area contributed by atoms with Gasteiger partial charge in [0, 0.05) is 12.0 Å². The van der Waals surface area contributed by atoms with E-state index in [1.807, 2.05) is 20.9 Å². The summed E-state index contributed by atoms with van der Waals surface area (Å²) in [5.41, 5.74) is 5.36. The largest absolute Gasteiger partial charge is 0.409 e. The molecule has 0 aliphatic carbocycles. The molecule has 5 nitrogen and oxygen atoms in total. The van der Waals surface area contributed by atoms with Crippen molar-refractivity contribution < 1.29 is 10.3 Å². The number of aliphatic hydroxyl groups is 1. The van der Waals surface area contributed by atoms with E-state index in [0.717, 1.165) is 25.8 Å². The Morgan fingerprint density at radius 2 is 2.00 bits per heavy atom. The van der Waals surface area contributed by atoms with Crippen LogP contribution in [-0.2, 0) is 0 Å². The number of aliphatic hydroxyl groups excluding tert-OH is 1. The molecule has 102 valence electrons. The number of likely N-dealkylation sites (N-methyl/N-ethyl adjacent to an activating group) is 1. The fourth-order valence-electron chi connectivity index (χ4n) is 1.75. The first kappa shape index (κ1) is 16.2. The van der Waals surface area contributed by atoms with Crippen molar-refractivity contribution in [3.8, 4) is 0 Å². The Hall–Kier alpha value is -0.810. The molecule has 4 N–H and O–H groups in total. The molecule has 0 radical (unpaired) electrons. The summed E-state index contributed by atoms with van der Waals surface area (Å²) in [6.45, 7) is 7.39. The van der Waals surface area contributed by atoms with Gasteiger partial charge in [-0.25, -0.2) is 0 Å². The molecule has 5 heteroatoms. The predicted molar refractivity (Wildman–Crippen MR) is 70.2 cm³/mol. The number of rotatable bonds is 8. The first-order chi connectivity index (χ1) is 7.79. The molecule has 0 heterocycles. The summed E-state index contributed by atoms with van der Waals surface area (Å²) in [6.07, 6.45) is 2.68. The highest BCUT2D eigenvalue weighted by Crippen LogP contribution is 2.23. The Balaban J connectivity index is 3.78. The molecule has 0 saturated heterocycles. The second kappa shape index (κ2) is 7.50. The van der Waals surface area contributed by atoms with E-state index in [4.69, 9.17) is 10.9 Å². The van der Waals surface area contributed by atoms with E-state index in [-0.39, 0.29) is 17.4 Å². The van der Waals surface area contributed by atoms with Crippen molar-refractivity contribution in [1.82, 2.24) is 4.90 Å². The molecule has 0 spiro atoms. The zero-order valence-electron chi connectivity index (χ0n) is 11.5. The number of unbranched alkanes of at least 4 members (excludes halogenated alkanes) is 1. The van der Waals surface area contributed by atoms with E-state index in [1.54, 1.807) is 6.92 Å². The Kier molecular flexibility index (Phi) is 7.15. The van der Waals surface area contributed by atoms with Crippen molar-refractivity contribution in [1.29, 1.82) is 0 Å². The van der Waals surface area contributed by atoms with Crippen LogP contribution in [-0.4, -0.2) is 47.3 Å². The van der Waals surface area contributed by atoms with Gasteiger partial charge in [0.25, 0.3) is 0 Å². The van der Waals surface area contributed by atoms with Crippen LogP contribution >= 0.6 is 0 Å². The van der Waals surface area contributed by atoms with E-state index in [0.29, 0.717) is 6.54 Å². The molecule has 0 aromatic carbocycles. The highest BCUT2D eigenvalue weighted by atomic mass is 16.4. The Morgan fingerprint density at radius 3 is 2.47 bits per heavy atom. The third-order valence-corrected chi connectivity index (χ3v) is 2.97. The average molecular weight is 245 g/mol. The van der Waals surface area contributed by atoms with Crippen LogP contribution in [0.2, 0.25) is 0 Å². The first-order valence-electron chi connectivity index (χ1n) is 6.14. The molecule has 0 aliphatic heterocycles. The summed E-state index contributed by atoms with van der Waals surface area (Å²) < 4.78 is 0. The molecule has 1 atom stereocenters. The van der Waals surface area contributed by atoms with Gasteiger partial charge in [0.1, 0.15) is 5.84 Å². The Labute approximate surface area is 104 Å². The van der Waals surface area contributed by atoms with Gasteiger partial charge in [-0.2, -0.15) is 0 Å². The van der Waals surface area contributed by atoms with Gasteiger partial charge in [-0.3, -0.25) is 0 Å². The number of hydrogen-bond acceptors (Lipinski definition) is 4. The lowest BCUT2D eigenvalue weighted by molar-refractivity contribution is 0.140. The lowest BCUT2D eigenvalue weighted by atomic mass is 9.86. The third-order valence-electron chi connectivity index (χ3n) is 2.97. The van der Waals surface area contributed by atoms with Gasteiger partial charge in [-0.05, 0) is 33.4 Å². The zero-order chi connectivity index (χ0) is 13.5. The molecule has 0 fully saturated rings. The van der Waals surface area contributed by atoms with Gasteiger partial charge in [0.05, 0.1) is 6.10 Å². The summed E-state index contributed by atoms with van der Waals surface area (Å²) in [4.78, 5) is 2.11. The highest BCUT2D eigenvalue weighted by Gasteiger charge is 2.22. The summed E-state index contributed by atoms with van der Waals surface area (Å²) in [5.74, 6) is 0.287. The maximum absolute atomic E-state index is 9.21. The highest BCUT2D eigenvalue weighted by molar-refractivity contribution is 5.85. The van der Waals surface area contributed by atoms with E-state index in [1.165, 1.54) is 0 Å². The Bertz CT molecular complexity index is 240. The van der Waals surface area contributed by atoms with Crippen molar-refractivity contribution in [3.05, 3.63) is 0 Å². The standard InChI is InChI=1S/C12H27N3O2/c1-10(16)9-15(4)8-6-5-7-12(2,3)11(13)14-17/h10,16-17H,5-9H2,1-4H3,(H2,13,14). The monoisotopic (exact) mass is 245 g/mol. The van der Waals surface area contributed by atoms with Gasteiger partial charge < -0.3 is 20.9 Å². The molecule has 0 aromatic heterocycles. The van der Waals surface area contributed by atoms with Crippen LogP contribution in [0.1, 0.15) is 40.0 Å². The second-order valence-electron chi connectivity index (χ2n) is 5.44. The summed E-state index contributed by atoms with van der Waals surface area (Å²) in [7, 11) is 2.00. The topological polar surface area (TPSA) is 82.1 Å².